The third kappa shape index (κ3) is 2.95. The van der Waals surface area contributed by atoms with Crippen molar-refractivity contribution in [3.05, 3.63) is 60.7 Å². The standard InChI is InChI=1S/C18H22O2Si/c1-15-13-14-16(2)20-21(19-15,17-9-5-3-6-10-17)18-11-7-4-8-12-18/h3-12,15-16H,13-14H2,1-2H3. The SMILES string of the molecule is CC1CCC(C)O[Si](c2ccccc2)(c2ccccc2)O1. The second-order valence-electron chi connectivity index (χ2n) is 5.78. The van der Waals surface area contributed by atoms with E-state index in [2.05, 4.69) is 62.4 Å². The predicted molar refractivity (Wildman–Crippen MR) is 88.2 cm³/mol. The molecule has 21 heavy (non-hydrogen) atoms. The Morgan fingerprint density at radius 3 is 1.48 bits per heavy atom. The van der Waals surface area contributed by atoms with Crippen molar-refractivity contribution in [2.24, 2.45) is 0 Å². The van der Waals surface area contributed by atoms with Gasteiger partial charge < -0.3 is 8.85 Å². The molecule has 0 radical (unpaired) electrons. The van der Waals surface area contributed by atoms with E-state index in [0.717, 1.165) is 12.8 Å². The van der Waals surface area contributed by atoms with Gasteiger partial charge in [0.25, 0.3) is 0 Å². The van der Waals surface area contributed by atoms with E-state index in [1.54, 1.807) is 0 Å². The first kappa shape index (κ1) is 14.5. The molecule has 110 valence electrons. The van der Waals surface area contributed by atoms with Gasteiger partial charge in [0.15, 0.2) is 0 Å². The monoisotopic (exact) mass is 298 g/mol. The molecule has 1 saturated heterocycles. The van der Waals surface area contributed by atoms with Gasteiger partial charge in [0.05, 0.1) is 0 Å². The molecule has 3 rings (SSSR count). The van der Waals surface area contributed by atoms with Gasteiger partial charge in [-0.15, -0.1) is 0 Å². The summed E-state index contributed by atoms with van der Waals surface area (Å²) in [6.07, 6.45) is 2.55. The van der Waals surface area contributed by atoms with Crippen molar-refractivity contribution in [1.29, 1.82) is 0 Å². The Kier molecular flexibility index (Phi) is 4.24. The Labute approximate surface area is 128 Å². The van der Waals surface area contributed by atoms with Gasteiger partial charge in [-0.25, -0.2) is 0 Å². The number of hydrogen-bond donors (Lipinski definition) is 0. The zero-order valence-corrected chi connectivity index (χ0v) is 13.7. The Hall–Kier alpha value is -1.42. The molecule has 0 N–H and O–H groups in total. The van der Waals surface area contributed by atoms with E-state index < -0.39 is 8.56 Å². The summed E-state index contributed by atoms with van der Waals surface area (Å²) in [6.45, 7) is 4.32. The van der Waals surface area contributed by atoms with Crippen LogP contribution in [0.15, 0.2) is 60.7 Å². The van der Waals surface area contributed by atoms with Crippen molar-refractivity contribution in [2.75, 3.05) is 0 Å². The fourth-order valence-electron chi connectivity index (χ4n) is 2.94. The summed E-state index contributed by atoms with van der Waals surface area (Å²) in [5, 5.41) is 2.38. The Morgan fingerprint density at radius 1 is 0.714 bits per heavy atom. The van der Waals surface area contributed by atoms with Gasteiger partial charge in [-0.1, -0.05) is 60.7 Å². The Balaban J connectivity index is 2.14. The molecule has 2 nitrogen and oxygen atoms in total. The zero-order chi connectivity index (χ0) is 14.7. The number of benzene rings is 2. The van der Waals surface area contributed by atoms with Gasteiger partial charge in [-0.2, -0.15) is 0 Å². The Morgan fingerprint density at radius 2 is 1.10 bits per heavy atom. The molecule has 0 aliphatic carbocycles. The second kappa shape index (κ2) is 6.14. The quantitative estimate of drug-likeness (QED) is 0.794. The largest absolute Gasteiger partial charge is 0.407 e. The second-order valence-corrected chi connectivity index (χ2v) is 8.64. The van der Waals surface area contributed by atoms with Crippen molar-refractivity contribution < 1.29 is 8.85 Å². The molecule has 3 heteroatoms. The minimum atomic E-state index is -2.61. The first-order valence-corrected chi connectivity index (χ1v) is 9.49. The molecular formula is C18H22O2Si. The van der Waals surface area contributed by atoms with E-state index in [1.807, 2.05) is 12.1 Å². The average molecular weight is 298 g/mol. The molecule has 1 heterocycles. The summed E-state index contributed by atoms with van der Waals surface area (Å²) in [7, 11) is -2.61. The van der Waals surface area contributed by atoms with Crippen LogP contribution in [0.4, 0.5) is 0 Å². The van der Waals surface area contributed by atoms with Crippen molar-refractivity contribution in [1.82, 2.24) is 0 Å². The zero-order valence-electron chi connectivity index (χ0n) is 12.7. The summed E-state index contributed by atoms with van der Waals surface area (Å²) >= 11 is 0. The normalized spacial score (nSPS) is 25.2. The molecule has 2 unspecified atom stereocenters. The molecule has 0 aromatic heterocycles. The molecule has 1 aliphatic heterocycles. The van der Waals surface area contributed by atoms with E-state index in [0.29, 0.717) is 0 Å². The minimum Gasteiger partial charge on any atom is -0.385 e. The summed E-state index contributed by atoms with van der Waals surface area (Å²) < 4.78 is 13.1. The first-order chi connectivity index (χ1) is 10.2. The van der Waals surface area contributed by atoms with E-state index in [-0.39, 0.29) is 12.2 Å². The summed E-state index contributed by atoms with van der Waals surface area (Å²) in [6, 6.07) is 20.9. The highest BCUT2D eigenvalue weighted by atomic mass is 28.4. The molecule has 2 aromatic rings. The smallest absolute Gasteiger partial charge is 0.385 e. The van der Waals surface area contributed by atoms with Crippen LogP contribution in [0.2, 0.25) is 0 Å². The average Bonchev–Trinajstić information content (AvgIpc) is 2.69. The van der Waals surface area contributed by atoms with Gasteiger partial charge in [0.2, 0.25) is 0 Å². The molecule has 2 aromatic carbocycles. The van der Waals surface area contributed by atoms with Crippen LogP contribution in [0.3, 0.4) is 0 Å². The molecular weight excluding hydrogens is 276 g/mol. The maximum atomic E-state index is 6.56. The van der Waals surface area contributed by atoms with E-state index in [4.69, 9.17) is 8.85 Å². The number of rotatable bonds is 2. The van der Waals surface area contributed by atoms with E-state index >= 15 is 0 Å². The highest BCUT2D eigenvalue weighted by Crippen LogP contribution is 2.23. The highest BCUT2D eigenvalue weighted by molar-refractivity contribution is 6.92. The third-order valence-electron chi connectivity index (χ3n) is 4.02. The van der Waals surface area contributed by atoms with Crippen molar-refractivity contribution in [3.8, 4) is 0 Å². The molecule has 0 saturated carbocycles. The van der Waals surface area contributed by atoms with Crippen LogP contribution in [0.1, 0.15) is 26.7 Å². The van der Waals surface area contributed by atoms with Crippen LogP contribution < -0.4 is 10.4 Å². The summed E-state index contributed by atoms with van der Waals surface area (Å²) in [5.41, 5.74) is 0. The van der Waals surface area contributed by atoms with Crippen LogP contribution in [0, 0.1) is 0 Å². The van der Waals surface area contributed by atoms with Gasteiger partial charge in [-0.05, 0) is 37.1 Å². The van der Waals surface area contributed by atoms with Crippen LogP contribution in [-0.4, -0.2) is 20.8 Å². The number of hydrogen-bond acceptors (Lipinski definition) is 2. The van der Waals surface area contributed by atoms with Crippen LogP contribution in [0.5, 0.6) is 0 Å². The van der Waals surface area contributed by atoms with E-state index in [9.17, 15) is 0 Å². The molecule has 1 aliphatic rings. The van der Waals surface area contributed by atoms with Gasteiger partial charge >= 0.3 is 8.56 Å². The maximum Gasteiger partial charge on any atom is 0.407 e. The summed E-state index contributed by atoms with van der Waals surface area (Å²) in [4.78, 5) is 0. The van der Waals surface area contributed by atoms with Crippen LogP contribution >= 0.6 is 0 Å². The maximum absolute atomic E-state index is 6.56. The van der Waals surface area contributed by atoms with E-state index in [1.165, 1.54) is 10.4 Å². The molecule has 0 amide bonds. The van der Waals surface area contributed by atoms with Crippen molar-refractivity contribution in [3.63, 3.8) is 0 Å². The van der Waals surface area contributed by atoms with Gasteiger partial charge in [0, 0.05) is 12.2 Å². The topological polar surface area (TPSA) is 18.5 Å². The lowest BCUT2D eigenvalue weighted by Gasteiger charge is -2.33. The lowest BCUT2D eigenvalue weighted by molar-refractivity contribution is 0.150. The fourth-order valence-corrected chi connectivity index (χ4v) is 6.50. The summed E-state index contributed by atoms with van der Waals surface area (Å²) in [5.74, 6) is 0. The van der Waals surface area contributed by atoms with Gasteiger partial charge in [0.1, 0.15) is 0 Å². The molecule has 0 spiro atoms. The van der Waals surface area contributed by atoms with Crippen molar-refractivity contribution in [2.45, 2.75) is 38.9 Å². The molecule has 2 atom stereocenters. The molecule has 0 bridgehead atoms. The molecule has 1 fully saturated rings. The predicted octanol–water partition coefficient (Wildman–Crippen LogP) is 2.85. The highest BCUT2D eigenvalue weighted by Gasteiger charge is 2.46. The first-order valence-electron chi connectivity index (χ1n) is 7.67. The fraction of sp³-hybridized carbons (Fsp3) is 0.333. The van der Waals surface area contributed by atoms with Crippen LogP contribution in [0.25, 0.3) is 0 Å². The lowest BCUT2D eigenvalue weighted by atomic mass is 10.1. The van der Waals surface area contributed by atoms with Gasteiger partial charge in [-0.3, -0.25) is 0 Å². The lowest BCUT2D eigenvalue weighted by Crippen LogP contribution is -2.64. The minimum absolute atomic E-state index is 0.224. The Bertz CT molecular complexity index is 517. The van der Waals surface area contributed by atoms with Crippen LogP contribution in [-0.2, 0) is 8.85 Å². The third-order valence-corrected chi connectivity index (χ3v) is 7.68. The van der Waals surface area contributed by atoms with Crippen molar-refractivity contribution >= 4 is 18.9 Å².